The summed E-state index contributed by atoms with van der Waals surface area (Å²) < 4.78 is 13.2. The molecule has 6 nitrogen and oxygen atoms in total. The number of hydrogen-bond acceptors (Lipinski definition) is 4. The lowest BCUT2D eigenvalue weighted by molar-refractivity contribution is -0.129. The smallest absolute Gasteiger partial charge is 0.253 e. The third kappa shape index (κ3) is 6.36. The highest BCUT2D eigenvalue weighted by Crippen LogP contribution is 2.31. The molecule has 0 bridgehead atoms. The molecule has 2 aliphatic heterocycles. The molecule has 0 aromatic heterocycles. The summed E-state index contributed by atoms with van der Waals surface area (Å²) in [5, 5.41) is 3.25. The number of piperidine rings is 1. The summed E-state index contributed by atoms with van der Waals surface area (Å²) in [7, 11) is 0. The molecule has 2 amide bonds. The number of rotatable bonds is 8. The van der Waals surface area contributed by atoms with Gasteiger partial charge >= 0.3 is 0 Å². The zero-order valence-electron chi connectivity index (χ0n) is 20.7. The number of carbonyl (C=O) groups is 2. The molecule has 1 aliphatic carbocycles. The Morgan fingerprint density at radius 3 is 2.32 bits per heavy atom. The second kappa shape index (κ2) is 12.1. The Bertz CT molecular complexity index is 803. The first-order valence-electron chi connectivity index (χ1n) is 13.3. The maximum Gasteiger partial charge on any atom is 0.253 e. The molecule has 2 atom stereocenters. The van der Waals surface area contributed by atoms with Crippen LogP contribution in [0.2, 0.25) is 0 Å². The summed E-state index contributed by atoms with van der Waals surface area (Å²) in [4.78, 5) is 32.8. The number of nitrogens with one attached hydrogen (secondary N) is 1. The second-order valence-corrected chi connectivity index (χ2v) is 10.3. The zero-order chi connectivity index (χ0) is 23.9. The SMILES string of the molecule is C[C@H]1CCCCN1CCCNC(=O)[C@@H](C1CCCC1)N1CCN(C(=O)c2ccc(F)cc2)CC1. The molecule has 1 N–H and O–H groups in total. The van der Waals surface area contributed by atoms with Crippen molar-refractivity contribution in [3.8, 4) is 0 Å². The van der Waals surface area contributed by atoms with Gasteiger partial charge in [-0.25, -0.2) is 4.39 Å². The minimum absolute atomic E-state index is 0.0616. The van der Waals surface area contributed by atoms with E-state index in [2.05, 4.69) is 22.0 Å². The second-order valence-electron chi connectivity index (χ2n) is 10.3. The number of amides is 2. The molecule has 2 saturated heterocycles. The molecule has 1 aromatic rings. The van der Waals surface area contributed by atoms with Crippen LogP contribution in [0.4, 0.5) is 4.39 Å². The first-order valence-corrected chi connectivity index (χ1v) is 13.3. The van der Waals surface area contributed by atoms with Gasteiger partial charge in [0.05, 0.1) is 6.04 Å². The largest absolute Gasteiger partial charge is 0.355 e. The Hall–Kier alpha value is -1.99. The minimum Gasteiger partial charge on any atom is -0.355 e. The summed E-state index contributed by atoms with van der Waals surface area (Å²) in [6, 6.07) is 6.31. The lowest BCUT2D eigenvalue weighted by Gasteiger charge is -2.41. The Labute approximate surface area is 203 Å². The van der Waals surface area contributed by atoms with E-state index in [1.165, 1.54) is 50.8 Å². The van der Waals surface area contributed by atoms with Crippen LogP contribution in [0.15, 0.2) is 24.3 Å². The van der Waals surface area contributed by atoms with Gasteiger partial charge in [0.15, 0.2) is 0 Å². The van der Waals surface area contributed by atoms with Crippen LogP contribution < -0.4 is 5.32 Å². The van der Waals surface area contributed by atoms with Crippen LogP contribution in [0.1, 0.15) is 68.6 Å². The van der Waals surface area contributed by atoms with Crippen molar-refractivity contribution in [2.24, 2.45) is 5.92 Å². The molecule has 7 heteroatoms. The lowest BCUT2D eigenvalue weighted by atomic mass is 9.95. The van der Waals surface area contributed by atoms with Gasteiger partial charge in [0.25, 0.3) is 5.91 Å². The van der Waals surface area contributed by atoms with Crippen LogP contribution in [0.25, 0.3) is 0 Å². The average Bonchev–Trinajstić information content (AvgIpc) is 3.38. The molecule has 3 aliphatic rings. The molecular formula is C27H41FN4O2. The molecule has 0 spiro atoms. The fraction of sp³-hybridized carbons (Fsp3) is 0.704. The van der Waals surface area contributed by atoms with Crippen molar-refractivity contribution in [1.29, 1.82) is 0 Å². The highest BCUT2D eigenvalue weighted by molar-refractivity contribution is 5.94. The maximum atomic E-state index is 13.3. The van der Waals surface area contributed by atoms with E-state index in [-0.39, 0.29) is 23.7 Å². The molecule has 1 aromatic carbocycles. The summed E-state index contributed by atoms with van der Waals surface area (Å²) in [5.74, 6) is 0.170. The molecule has 1 saturated carbocycles. The number of piperazine rings is 1. The quantitative estimate of drug-likeness (QED) is 0.588. The van der Waals surface area contributed by atoms with Crippen molar-refractivity contribution in [3.05, 3.63) is 35.6 Å². The number of likely N-dealkylation sites (tertiary alicyclic amines) is 1. The number of benzene rings is 1. The standard InChI is InChI=1S/C27H41FN4O2/c1-21-7-4-5-15-30(21)16-6-14-29-26(33)25(22-8-2-3-9-22)31-17-19-32(20-18-31)27(34)23-10-12-24(28)13-11-23/h10-13,21-22,25H,2-9,14-20H2,1H3,(H,29,33)/t21-,25+/m0/s1. The van der Waals surface area contributed by atoms with E-state index in [0.717, 1.165) is 32.4 Å². The monoisotopic (exact) mass is 472 g/mol. The molecular weight excluding hydrogens is 431 g/mol. The molecule has 0 radical (unpaired) electrons. The Kier molecular flexibility index (Phi) is 8.95. The Morgan fingerprint density at radius 2 is 1.65 bits per heavy atom. The number of halogens is 1. The van der Waals surface area contributed by atoms with Crippen LogP contribution in [-0.4, -0.2) is 84.4 Å². The van der Waals surface area contributed by atoms with Gasteiger partial charge in [-0.05, 0) is 75.8 Å². The van der Waals surface area contributed by atoms with Crippen LogP contribution in [-0.2, 0) is 4.79 Å². The van der Waals surface area contributed by atoms with Crippen molar-refractivity contribution in [1.82, 2.24) is 20.0 Å². The van der Waals surface area contributed by atoms with Gasteiger partial charge < -0.3 is 15.1 Å². The molecule has 0 unspecified atom stereocenters. The Balaban J connectivity index is 1.28. The third-order valence-electron chi connectivity index (χ3n) is 8.06. The summed E-state index contributed by atoms with van der Waals surface area (Å²) in [5.41, 5.74) is 0.517. The normalized spacial score (nSPS) is 23.7. The summed E-state index contributed by atoms with van der Waals surface area (Å²) >= 11 is 0. The van der Waals surface area contributed by atoms with Crippen molar-refractivity contribution in [3.63, 3.8) is 0 Å². The van der Waals surface area contributed by atoms with E-state index in [9.17, 15) is 14.0 Å². The molecule has 34 heavy (non-hydrogen) atoms. The highest BCUT2D eigenvalue weighted by Gasteiger charge is 2.37. The zero-order valence-corrected chi connectivity index (χ0v) is 20.7. The minimum atomic E-state index is -0.336. The molecule has 3 fully saturated rings. The van der Waals surface area contributed by atoms with Gasteiger partial charge in [0.2, 0.25) is 5.91 Å². The fourth-order valence-electron chi connectivity index (χ4n) is 6.02. The van der Waals surface area contributed by atoms with E-state index in [4.69, 9.17) is 0 Å². The third-order valence-corrected chi connectivity index (χ3v) is 8.06. The Morgan fingerprint density at radius 1 is 0.971 bits per heavy atom. The van der Waals surface area contributed by atoms with Gasteiger partial charge in [-0.3, -0.25) is 14.5 Å². The summed E-state index contributed by atoms with van der Waals surface area (Å²) in [6.45, 7) is 7.88. The average molecular weight is 473 g/mol. The van der Waals surface area contributed by atoms with E-state index in [0.29, 0.717) is 43.7 Å². The van der Waals surface area contributed by atoms with Crippen molar-refractivity contribution < 1.29 is 14.0 Å². The van der Waals surface area contributed by atoms with E-state index in [1.54, 1.807) is 12.1 Å². The summed E-state index contributed by atoms with van der Waals surface area (Å²) in [6.07, 6.45) is 9.51. The van der Waals surface area contributed by atoms with E-state index >= 15 is 0 Å². The van der Waals surface area contributed by atoms with Crippen LogP contribution in [0.5, 0.6) is 0 Å². The first kappa shape index (κ1) is 25.1. The predicted molar refractivity (Wildman–Crippen MR) is 132 cm³/mol. The maximum absolute atomic E-state index is 13.3. The van der Waals surface area contributed by atoms with Crippen LogP contribution in [0, 0.1) is 11.7 Å². The predicted octanol–water partition coefficient (Wildman–Crippen LogP) is 3.52. The lowest BCUT2D eigenvalue weighted by Crippen LogP contribution is -2.58. The van der Waals surface area contributed by atoms with E-state index in [1.807, 2.05) is 4.90 Å². The molecule has 4 rings (SSSR count). The topological polar surface area (TPSA) is 55.9 Å². The van der Waals surface area contributed by atoms with Crippen molar-refractivity contribution in [2.75, 3.05) is 45.8 Å². The van der Waals surface area contributed by atoms with Gasteiger partial charge in [-0.2, -0.15) is 0 Å². The van der Waals surface area contributed by atoms with Gasteiger partial charge in [-0.15, -0.1) is 0 Å². The van der Waals surface area contributed by atoms with Gasteiger partial charge in [-0.1, -0.05) is 19.3 Å². The van der Waals surface area contributed by atoms with Crippen molar-refractivity contribution >= 4 is 11.8 Å². The molecule has 188 valence electrons. The van der Waals surface area contributed by atoms with Gasteiger partial charge in [0.1, 0.15) is 5.82 Å². The fourth-order valence-corrected chi connectivity index (χ4v) is 6.02. The van der Waals surface area contributed by atoms with Crippen LogP contribution >= 0.6 is 0 Å². The van der Waals surface area contributed by atoms with Crippen molar-refractivity contribution in [2.45, 2.75) is 70.4 Å². The van der Waals surface area contributed by atoms with Crippen LogP contribution in [0.3, 0.4) is 0 Å². The van der Waals surface area contributed by atoms with Gasteiger partial charge in [0, 0.05) is 50.9 Å². The number of hydrogen-bond donors (Lipinski definition) is 1. The highest BCUT2D eigenvalue weighted by atomic mass is 19.1. The number of nitrogens with zero attached hydrogens (tertiary/aromatic N) is 3. The molecule has 2 heterocycles. The van der Waals surface area contributed by atoms with E-state index < -0.39 is 0 Å². The first-order chi connectivity index (χ1) is 16.5. The number of carbonyl (C=O) groups excluding carboxylic acids is 2.